The molecule has 2 N–H and O–H groups in total. The van der Waals surface area contributed by atoms with Crippen molar-refractivity contribution in [2.45, 2.75) is 36.3 Å². The Balaban J connectivity index is 2.19. The van der Waals surface area contributed by atoms with Gasteiger partial charge in [-0.1, -0.05) is 29.3 Å². The largest absolute Gasteiger partial charge is 0.396 e. The number of fused-ring (bicyclic) bond motifs is 1. The second-order valence-electron chi connectivity index (χ2n) is 4.24. The van der Waals surface area contributed by atoms with Crippen LogP contribution in [0.4, 0.5) is 0 Å². The number of alkyl halides is 1. The summed E-state index contributed by atoms with van der Waals surface area (Å²) in [7, 11) is 0. The molecule has 1 aliphatic carbocycles. The highest BCUT2D eigenvalue weighted by Gasteiger charge is 2.80. The fourth-order valence-corrected chi connectivity index (χ4v) is 3.44. The van der Waals surface area contributed by atoms with Crippen molar-refractivity contribution in [3.63, 3.8) is 0 Å². The third-order valence-corrected chi connectivity index (χ3v) is 5.14. The van der Waals surface area contributed by atoms with Gasteiger partial charge in [-0.05, 0) is 6.42 Å². The van der Waals surface area contributed by atoms with Crippen molar-refractivity contribution in [3.8, 4) is 0 Å². The number of halogens is 1. The summed E-state index contributed by atoms with van der Waals surface area (Å²) in [5.74, 6) is -1.06. The Kier molecular flexibility index (Phi) is 2.05. The first-order chi connectivity index (χ1) is 6.04. The highest BCUT2D eigenvalue weighted by Crippen LogP contribution is 2.72. The highest BCUT2D eigenvalue weighted by atomic mass is 79.9. The fraction of sp³-hybridized carbons (Fsp3) is 1.00. The molecule has 4 heteroatoms. The normalized spacial score (nSPS) is 53.5. The van der Waals surface area contributed by atoms with Crippen LogP contribution in [0.25, 0.3) is 0 Å². The molecular weight excluding hydrogens is 236 g/mol. The standard InChI is InChI=1S/C9H15BrO3/c1-2-3-9(12)8(10)4-7(8,5-11)6-13-9/h11-12H,2-6H2,1H3. The van der Waals surface area contributed by atoms with Crippen molar-refractivity contribution in [2.24, 2.45) is 5.41 Å². The fourth-order valence-electron chi connectivity index (χ4n) is 2.35. The first-order valence-corrected chi connectivity index (χ1v) is 5.49. The van der Waals surface area contributed by atoms with Crippen LogP contribution in [0.3, 0.4) is 0 Å². The Labute approximate surface area is 86.2 Å². The van der Waals surface area contributed by atoms with Gasteiger partial charge in [0.2, 0.25) is 0 Å². The van der Waals surface area contributed by atoms with E-state index in [1.54, 1.807) is 0 Å². The lowest BCUT2D eigenvalue weighted by atomic mass is 10.0. The van der Waals surface area contributed by atoms with Crippen LogP contribution in [0, 0.1) is 5.41 Å². The van der Waals surface area contributed by atoms with Gasteiger partial charge in [0.1, 0.15) is 0 Å². The lowest BCUT2D eigenvalue weighted by Gasteiger charge is -2.28. The minimum atomic E-state index is -1.06. The van der Waals surface area contributed by atoms with E-state index in [1.165, 1.54) is 0 Å². The van der Waals surface area contributed by atoms with Crippen LogP contribution in [-0.4, -0.2) is 33.5 Å². The van der Waals surface area contributed by atoms with Crippen LogP contribution in [0.1, 0.15) is 26.2 Å². The minimum absolute atomic E-state index is 0.0876. The summed E-state index contributed by atoms with van der Waals surface area (Å²) < 4.78 is 5.00. The van der Waals surface area contributed by atoms with Gasteiger partial charge in [0.15, 0.2) is 5.79 Å². The molecule has 0 amide bonds. The monoisotopic (exact) mass is 250 g/mol. The Bertz CT molecular complexity index is 225. The molecule has 3 atom stereocenters. The molecule has 2 fully saturated rings. The van der Waals surface area contributed by atoms with Crippen LogP contribution >= 0.6 is 15.9 Å². The maximum Gasteiger partial charge on any atom is 0.181 e. The lowest BCUT2D eigenvalue weighted by Crippen LogP contribution is -2.40. The minimum Gasteiger partial charge on any atom is -0.396 e. The van der Waals surface area contributed by atoms with Gasteiger partial charge in [-0.15, -0.1) is 0 Å². The molecule has 2 aliphatic rings. The number of aliphatic hydroxyl groups excluding tert-OH is 1. The van der Waals surface area contributed by atoms with Crippen LogP contribution < -0.4 is 0 Å². The van der Waals surface area contributed by atoms with Gasteiger partial charge in [0.05, 0.1) is 17.5 Å². The van der Waals surface area contributed by atoms with Crippen molar-refractivity contribution in [2.75, 3.05) is 13.2 Å². The van der Waals surface area contributed by atoms with Gasteiger partial charge in [-0.2, -0.15) is 0 Å². The van der Waals surface area contributed by atoms with E-state index in [0.717, 1.165) is 12.8 Å². The van der Waals surface area contributed by atoms with Crippen molar-refractivity contribution >= 4 is 15.9 Å². The zero-order valence-electron chi connectivity index (χ0n) is 7.72. The number of hydrogen-bond acceptors (Lipinski definition) is 3. The molecule has 1 saturated heterocycles. The summed E-state index contributed by atoms with van der Waals surface area (Å²) in [5.41, 5.74) is -0.225. The van der Waals surface area contributed by atoms with Crippen LogP contribution in [0.2, 0.25) is 0 Å². The summed E-state index contributed by atoms with van der Waals surface area (Å²) in [5, 5.41) is 19.4. The van der Waals surface area contributed by atoms with E-state index in [-0.39, 0.29) is 12.0 Å². The van der Waals surface area contributed by atoms with Crippen molar-refractivity contribution in [3.05, 3.63) is 0 Å². The molecule has 0 radical (unpaired) electrons. The zero-order chi connectivity index (χ0) is 9.74. The van der Waals surface area contributed by atoms with E-state index >= 15 is 0 Å². The molecule has 1 saturated carbocycles. The topological polar surface area (TPSA) is 49.7 Å². The van der Waals surface area contributed by atoms with E-state index in [9.17, 15) is 10.2 Å². The Hall–Kier alpha value is 0.360. The smallest absolute Gasteiger partial charge is 0.181 e. The average Bonchev–Trinajstić information content (AvgIpc) is 2.66. The van der Waals surface area contributed by atoms with Gasteiger partial charge >= 0.3 is 0 Å². The summed E-state index contributed by atoms with van der Waals surface area (Å²) in [6.07, 6.45) is 2.32. The third kappa shape index (κ3) is 1.00. The Morgan fingerprint density at radius 3 is 2.62 bits per heavy atom. The molecule has 13 heavy (non-hydrogen) atoms. The molecule has 1 aliphatic heterocycles. The summed E-state index contributed by atoms with van der Waals surface area (Å²) in [6, 6.07) is 0. The molecule has 0 aromatic carbocycles. The third-order valence-electron chi connectivity index (χ3n) is 3.40. The van der Waals surface area contributed by atoms with E-state index in [1.807, 2.05) is 6.92 Å². The van der Waals surface area contributed by atoms with E-state index < -0.39 is 10.1 Å². The van der Waals surface area contributed by atoms with Gasteiger partial charge in [0.25, 0.3) is 0 Å². The quantitative estimate of drug-likeness (QED) is 0.736. The molecule has 3 unspecified atom stereocenters. The molecule has 76 valence electrons. The molecule has 0 bridgehead atoms. The van der Waals surface area contributed by atoms with Gasteiger partial charge in [0, 0.05) is 11.8 Å². The Morgan fingerprint density at radius 1 is 1.54 bits per heavy atom. The lowest BCUT2D eigenvalue weighted by molar-refractivity contribution is -0.188. The molecular formula is C9H15BrO3. The molecule has 0 aromatic heterocycles. The predicted molar refractivity (Wildman–Crippen MR) is 51.6 cm³/mol. The van der Waals surface area contributed by atoms with Crippen LogP contribution in [-0.2, 0) is 4.74 Å². The van der Waals surface area contributed by atoms with Crippen molar-refractivity contribution in [1.29, 1.82) is 0 Å². The molecule has 3 nitrogen and oxygen atoms in total. The van der Waals surface area contributed by atoms with Crippen molar-refractivity contribution < 1.29 is 14.9 Å². The summed E-state index contributed by atoms with van der Waals surface area (Å²) in [6.45, 7) is 2.56. The van der Waals surface area contributed by atoms with E-state index in [0.29, 0.717) is 13.0 Å². The molecule has 0 aromatic rings. The predicted octanol–water partition coefficient (Wildman–Crippen LogP) is 1.02. The van der Waals surface area contributed by atoms with E-state index in [4.69, 9.17) is 4.74 Å². The average molecular weight is 251 g/mol. The van der Waals surface area contributed by atoms with Crippen LogP contribution in [0.5, 0.6) is 0 Å². The number of aliphatic hydroxyl groups is 2. The van der Waals surface area contributed by atoms with Gasteiger partial charge < -0.3 is 14.9 Å². The van der Waals surface area contributed by atoms with Crippen molar-refractivity contribution in [1.82, 2.24) is 0 Å². The maximum absolute atomic E-state index is 10.2. The number of ether oxygens (including phenoxy) is 1. The maximum atomic E-state index is 10.2. The summed E-state index contributed by atoms with van der Waals surface area (Å²) in [4.78, 5) is 0. The molecule has 0 spiro atoms. The number of hydrogen-bond donors (Lipinski definition) is 2. The first kappa shape index (κ1) is 9.90. The second kappa shape index (κ2) is 2.69. The second-order valence-corrected chi connectivity index (χ2v) is 5.59. The SMILES string of the molecule is CCCC1(O)OCC2(CO)CC21Br. The molecule has 1 heterocycles. The highest BCUT2D eigenvalue weighted by molar-refractivity contribution is 9.10. The number of rotatable bonds is 3. The van der Waals surface area contributed by atoms with E-state index in [2.05, 4.69) is 15.9 Å². The Morgan fingerprint density at radius 2 is 2.23 bits per heavy atom. The first-order valence-electron chi connectivity index (χ1n) is 4.70. The van der Waals surface area contributed by atoms with Crippen LogP contribution in [0.15, 0.2) is 0 Å². The molecule has 2 rings (SSSR count). The van der Waals surface area contributed by atoms with Gasteiger partial charge in [-0.3, -0.25) is 0 Å². The van der Waals surface area contributed by atoms with Gasteiger partial charge in [-0.25, -0.2) is 0 Å². The zero-order valence-corrected chi connectivity index (χ0v) is 9.30. The summed E-state index contributed by atoms with van der Waals surface area (Å²) >= 11 is 3.52.